The number of hydrogen-bond donors (Lipinski definition) is 2. The molecule has 0 saturated heterocycles. The minimum absolute atomic E-state index is 0.0879. The third-order valence-electron chi connectivity index (χ3n) is 5.45. The Hall–Kier alpha value is -0.830. The van der Waals surface area contributed by atoms with Crippen molar-refractivity contribution in [3.63, 3.8) is 0 Å². The second-order valence-corrected chi connectivity index (χ2v) is 6.09. The van der Waals surface area contributed by atoms with E-state index >= 15 is 0 Å². The van der Waals surface area contributed by atoms with E-state index in [0.29, 0.717) is 12.3 Å². The van der Waals surface area contributed by atoms with E-state index < -0.39 is 11.6 Å². The van der Waals surface area contributed by atoms with Crippen LogP contribution in [0.2, 0.25) is 0 Å². The first-order valence-electron chi connectivity index (χ1n) is 5.87. The van der Waals surface area contributed by atoms with Gasteiger partial charge in [0.05, 0.1) is 5.60 Å². The summed E-state index contributed by atoms with van der Waals surface area (Å²) < 4.78 is 0. The predicted octanol–water partition coefficient (Wildman–Crippen LogP) is 2.20. The number of carboxylic acids is 1. The molecule has 0 spiro atoms. The van der Waals surface area contributed by atoms with E-state index in [-0.39, 0.29) is 10.8 Å². The van der Waals surface area contributed by atoms with Gasteiger partial charge in [-0.25, -0.2) is 4.79 Å². The molecule has 3 unspecified atom stereocenters. The summed E-state index contributed by atoms with van der Waals surface area (Å²) in [6.07, 6.45) is 5.40. The molecule has 16 heavy (non-hydrogen) atoms. The van der Waals surface area contributed by atoms with E-state index in [1.165, 1.54) is 6.08 Å². The Kier molecular flexibility index (Phi) is 2.26. The second kappa shape index (κ2) is 3.10. The van der Waals surface area contributed by atoms with Gasteiger partial charge in [0.15, 0.2) is 0 Å². The molecule has 0 aliphatic heterocycles. The van der Waals surface area contributed by atoms with Crippen LogP contribution in [-0.2, 0) is 4.79 Å². The van der Waals surface area contributed by atoms with Gasteiger partial charge in [-0.05, 0) is 36.7 Å². The molecule has 3 heteroatoms. The Balaban J connectivity index is 2.36. The van der Waals surface area contributed by atoms with Crippen molar-refractivity contribution in [3.8, 4) is 0 Å². The maximum Gasteiger partial charge on any atom is 0.328 e. The van der Waals surface area contributed by atoms with Crippen molar-refractivity contribution < 1.29 is 15.0 Å². The Labute approximate surface area is 96.2 Å². The normalized spacial score (nSPS) is 45.4. The molecule has 0 aromatic heterocycles. The van der Waals surface area contributed by atoms with Crippen LogP contribution in [0.15, 0.2) is 12.2 Å². The summed E-state index contributed by atoms with van der Waals surface area (Å²) in [6, 6.07) is 0. The fraction of sp³-hybridized carbons (Fsp3) is 0.769. The van der Waals surface area contributed by atoms with Gasteiger partial charge in [0.2, 0.25) is 0 Å². The molecule has 2 saturated carbocycles. The highest BCUT2D eigenvalue weighted by atomic mass is 16.4. The summed E-state index contributed by atoms with van der Waals surface area (Å²) in [7, 11) is 0. The minimum atomic E-state index is -0.988. The fourth-order valence-corrected chi connectivity index (χ4v) is 3.79. The standard InChI is InChI=1S/C13H20O3/c1-11(2)9-4-6-12(11,3)13(16,8-9)7-5-10(14)15/h5,7,9,16H,4,6,8H2,1-3H3,(H,14,15). The van der Waals surface area contributed by atoms with Gasteiger partial charge in [-0.3, -0.25) is 0 Å². The number of hydrogen-bond acceptors (Lipinski definition) is 2. The maximum atomic E-state index is 10.7. The molecule has 0 heterocycles. The average molecular weight is 224 g/mol. The molecule has 2 rings (SSSR count). The second-order valence-electron chi connectivity index (χ2n) is 6.09. The molecule has 0 radical (unpaired) electrons. The van der Waals surface area contributed by atoms with Crippen LogP contribution in [0.5, 0.6) is 0 Å². The first-order valence-corrected chi connectivity index (χ1v) is 5.87. The van der Waals surface area contributed by atoms with Gasteiger partial charge in [0.1, 0.15) is 0 Å². The van der Waals surface area contributed by atoms with Crippen molar-refractivity contribution in [2.75, 3.05) is 0 Å². The molecule has 2 bridgehead atoms. The molecule has 2 N–H and O–H groups in total. The lowest BCUT2D eigenvalue weighted by Crippen LogP contribution is -2.45. The van der Waals surface area contributed by atoms with E-state index in [1.54, 1.807) is 0 Å². The van der Waals surface area contributed by atoms with Crippen molar-refractivity contribution in [1.29, 1.82) is 0 Å². The molecule has 0 aromatic rings. The van der Waals surface area contributed by atoms with Gasteiger partial charge in [0.25, 0.3) is 0 Å². The molecule has 3 atom stereocenters. The molecule has 3 nitrogen and oxygen atoms in total. The number of rotatable bonds is 2. The Morgan fingerprint density at radius 2 is 2.00 bits per heavy atom. The van der Waals surface area contributed by atoms with Crippen molar-refractivity contribution in [2.24, 2.45) is 16.7 Å². The highest BCUT2D eigenvalue weighted by molar-refractivity contribution is 5.80. The van der Waals surface area contributed by atoms with Crippen LogP contribution in [0.25, 0.3) is 0 Å². The maximum absolute atomic E-state index is 10.7. The zero-order chi connectivity index (χ0) is 12.2. The molecule has 0 amide bonds. The number of aliphatic hydroxyl groups is 1. The lowest BCUT2D eigenvalue weighted by atomic mass is 9.64. The quantitative estimate of drug-likeness (QED) is 0.707. The first-order chi connectivity index (χ1) is 7.23. The molecular formula is C13H20O3. The van der Waals surface area contributed by atoms with E-state index in [9.17, 15) is 9.90 Å². The zero-order valence-corrected chi connectivity index (χ0v) is 10.2. The largest absolute Gasteiger partial charge is 0.478 e. The van der Waals surface area contributed by atoms with Crippen molar-refractivity contribution in [1.82, 2.24) is 0 Å². The Morgan fingerprint density at radius 1 is 1.38 bits per heavy atom. The zero-order valence-electron chi connectivity index (χ0n) is 10.2. The lowest BCUT2D eigenvalue weighted by molar-refractivity contribution is -0.131. The number of aliphatic carboxylic acids is 1. The van der Waals surface area contributed by atoms with Gasteiger partial charge in [-0.15, -0.1) is 0 Å². The summed E-state index contributed by atoms with van der Waals surface area (Å²) in [4.78, 5) is 10.6. The van der Waals surface area contributed by atoms with Gasteiger partial charge in [-0.1, -0.05) is 20.8 Å². The van der Waals surface area contributed by atoms with Crippen LogP contribution in [0.3, 0.4) is 0 Å². The minimum Gasteiger partial charge on any atom is -0.478 e. The van der Waals surface area contributed by atoms with Gasteiger partial charge >= 0.3 is 5.97 Å². The molecule has 2 aliphatic rings. The summed E-state index contributed by atoms with van der Waals surface area (Å²) in [5.41, 5.74) is -1.06. The highest BCUT2D eigenvalue weighted by Gasteiger charge is 2.67. The molecule has 90 valence electrons. The van der Waals surface area contributed by atoms with Crippen LogP contribution in [0.4, 0.5) is 0 Å². The first kappa shape index (κ1) is 11.6. The molecule has 0 aromatic carbocycles. The topological polar surface area (TPSA) is 57.5 Å². The van der Waals surface area contributed by atoms with Crippen LogP contribution >= 0.6 is 0 Å². The van der Waals surface area contributed by atoms with E-state index in [1.807, 2.05) is 0 Å². The molecule has 2 fully saturated rings. The van der Waals surface area contributed by atoms with Gasteiger partial charge < -0.3 is 10.2 Å². The van der Waals surface area contributed by atoms with Crippen LogP contribution in [0.1, 0.15) is 40.0 Å². The highest BCUT2D eigenvalue weighted by Crippen LogP contribution is 2.69. The average Bonchev–Trinajstić information content (AvgIpc) is 2.47. The Bertz CT molecular complexity index is 358. The van der Waals surface area contributed by atoms with Crippen molar-refractivity contribution >= 4 is 5.97 Å². The third-order valence-corrected chi connectivity index (χ3v) is 5.45. The Morgan fingerprint density at radius 3 is 2.38 bits per heavy atom. The van der Waals surface area contributed by atoms with Gasteiger partial charge in [-0.2, -0.15) is 0 Å². The van der Waals surface area contributed by atoms with Gasteiger partial charge in [0, 0.05) is 11.5 Å². The SMILES string of the molecule is CC1(C)C2CCC1(C)C(O)(C=CC(=O)O)C2. The van der Waals surface area contributed by atoms with E-state index in [2.05, 4.69) is 20.8 Å². The number of carboxylic acid groups (broad SMARTS) is 1. The number of fused-ring (bicyclic) bond motifs is 2. The summed E-state index contributed by atoms with van der Waals surface area (Å²) in [6.45, 7) is 6.47. The van der Waals surface area contributed by atoms with E-state index in [0.717, 1.165) is 18.9 Å². The third kappa shape index (κ3) is 1.21. The summed E-state index contributed by atoms with van der Waals surface area (Å²) >= 11 is 0. The fourth-order valence-electron chi connectivity index (χ4n) is 3.79. The number of carbonyl (C=O) groups is 1. The van der Waals surface area contributed by atoms with Crippen molar-refractivity contribution in [2.45, 2.75) is 45.6 Å². The monoisotopic (exact) mass is 224 g/mol. The molecular weight excluding hydrogens is 204 g/mol. The predicted molar refractivity (Wildman–Crippen MR) is 61.0 cm³/mol. The summed E-state index contributed by atoms with van der Waals surface area (Å²) in [5, 5.41) is 19.3. The van der Waals surface area contributed by atoms with Crippen LogP contribution in [0, 0.1) is 16.7 Å². The van der Waals surface area contributed by atoms with Crippen LogP contribution < -0.4 is 0 Å². The smallest absolute Gasteiger partial charge is 0.328 e. The lowest BCUT2D eigenvalue weighted by Gasteiger charge is -2.43. The van der Waals surface area contributed by atoms with Crippen LogP contribution in [-0.4, -0.2) is 21.8 Å². The van der Waals surface area contributed by atoms with E-state index in [4.69, 9.17) is 5.11 Å². The molecule has 2 aliphatic carbocycles. The van der Waals surface area contributed by atoms with Crippen molar-refractivity contribution in [3.05, 3.63) is 12.2 Å². The summed E-state index contributed by atoms with van der Waals surface area (Å²) in [5.74, 6) is -0.487.